The number of aliphatic imine (C=N–C) groups is 1. The molecule has 1 amide bonds. The number of guanidine groups is 1. The number of carbonyl (C=O) groups excluding carboxylic acids is 1. The largest absolute Gasteiger partial charge is 0.355 e. The molecule has 128 valence electrons. The molecule has 0 aliphatic carbocycles. The average molecular weight is 393 g/mol. The Morgan fingerprint density at radius 3 is 2.71 bits per heavy atom. The highest BCUT2D eigenvalue weighted by Gasteiger charge is 2.05. The normalized spacial score (nSPS) is 11.2. The number of benzene rings is 1. The lowest BCUT2D eigenvalue weighted by atomic mass is 10.2. The molecule has 24 heavy (non-hydrogen) atoms. The molecule has 0 atom stereocenters. The van der Waals surface area contributed by atoms with Crippen LogP contribution in [0.15, 0.2) is 46.0 Å². The molecule has 0 aliphatic rings. The van der Waals surface area contributed by atoms with E-state index in [1.54, 1.807) is 30.1 Å². The van der Waals surface area contributed by atoms with Crippen molar-refractivity contribution in [1.82, 2.24) is 25.7 Å². The summed E-state index contributed by atoms with van der Waals surface area (Å²) in [5, 5.41) is 13.3. The predicted octanol–water partition coefficient (Wildman–Crippen LogP) is 1.28. The molecule has 0 radical (unpaired) electrons. The molecular formula is C16H21BrN6O. The van der Waals surface area contributed by atoms with Gasteiger partial charge in [-0.25, -0.2) is 0 Å². The van der Waals surface area contributed by atoms with Crippen LogP contribution in [0.1, 0.15) is 16.1 Å². The van der Waals surface area contributed by atoms with E-state index in [2.05, 4.69) is 42.0 Å². The van der Waals surface area contributed by atoms with Crippen LogP contribution in [0, 0.1) is 0 Å². The van der Waals surface area contributed by atoms with Gasteiger partial charge in [-0.1, -0.05) is 22.0 Å². The van der Waals surface area contributed by atoms with E-state index >= 15 is 0 Å². The fraction of sp³-hybridized carbons (Fsp3) is 0.312. The lowest BCUT2D eigenvalue weighted by Gasteiger charge is -2.12. The monoisotopic (exact) mass is 392 g/mol. The molecule has 1 aromatic carbocycles. The summed E-state index contributed by atoms with van der Waals surface area (Å²) >= 11 is 3.36. The molecule has 0 spiro atoms. The zero-order valence-electron chi connectivity index (χ0n) is 13.7. The lowest BCUT2D eigenvalue weighted by Crippen LogP contribution is -2.41. The van der Waals surface area contributed by atoms with Crippen LogP contribution >= 0.6 is 15.9 Å². The maximum atomic E-state index is 12.0. The Hall–Kier alpha value is -2.35. The van der Waals surface area contributed by atoms with Crippen LogP contribution in [0.3, 0.4) is 0 Å². The molecule has 1 heterocycles. The Kier molecular flexibility index (Phi) is 6.80. The van der Waals surface area contributed by atoms with Gasteiger partial charge < -0.3 is 16.0 Å². The van der Waals surface area contributed by atoms with Crippen molar-refractivity contribution in [2.24, 2.45) is 12.0 Å². The van der Waals surface area contributed by atoms with Crippen molar-refractivity contribution in [3.63, 3.8) is 0 Å². The summed E-state index contributed by atoms with van der Waals surface area (Å²) in [7, 11) is 3.60. The maximum Gasteiger partial charge on any atom is 0.251 e. The van der Waals surface area contributed by atoms with Gasteiger partial charge in [0.15, 0.2) is 5.96 Å². The highest BCUT2D eigenvalue weighted by Crippen LogP contribution is 2.11. The second-order valence-electron chi connectivity index (χ2n) is 5.06. The third kappa shape index (κ3) is 5.38. The minimum atomic E-state index is -0.101. The number of aromatic nitrogens is 2. The van der Waals surface area contributed by atoms with Crippen molar-refractivity contribution in [2.45, 2.75) is 6.54 Å². The SMILES string of the molecule is CN=C(NCCNC(=O)c1cccc(Br)c1)NCc1ccnn1C. The summed E-state index contributed by atoms with van der Waals surface area (Å²) in [5.41, 5.74) is 1.68. The Bertz CT molecular complexity index is 712. The van der Waals surface area contributed by atoms with Gasteiger partial charge in [0.05, 0.1) is 12.2 Å². The summed E-state index contributed by atoms with van der Waals surface area (Å²) in [6.45, 7) is 1.70. The molecule has 0 saturated heterocycles. The van der Waals surface area contributed by atoms with E-state index in [0.29, 0.717) is 31.2 Å². The van der Waals surface area contributed by atoms with Crippen molar-refractivity contribution in [1.29, 1.82) is 0 Å². The molecule has 2 rings (SSSR count). The van der Waals surface area contributed by atoms with Gasteiger partial charge in [-0.15, -0.1) is 0 Å². The van der Waals surface area contributed by atoms with E-state index in [4.69, 9.17) is 0 Å². The predicted molar refractivity (Wildman–Crippen MR) is 97.9 cm³/mol. The maximum absolute atomic E-state index is 12.0. The first-order valence-electron chi connectivity index (χ1n) is 7.55. The summed E-state index contributed by atoms with van der Waals surface area (Å²) in [4.78, 5) is 16.2. The lowest BCUT2D eigenvalue weighted by molar-refractivity contribution is 0.0954. The van der Waals surface area contributed by atoms with Crippen LogP contribution in [0.25, 0.3) is 0 Å². The Morgan fingerprint density at radius 2 is 2.04 bits per heavy atom. The third-order valence-corrected chi connectivity index (χ3v) is 3.87. The summed E-state index contributed by atoms with van der Waals surface area (Å²) in [5.74, 6) is 0.573. The standard InChI is InChI=1S/C16H21BrN6O/c1-18-16(21-11-14-6-7-22-23(14)2)20-9-8-19-15(24)12-4-3-5-13(17)10-12/h3-7,10H,8-9,11H2,1-2H3,(H,19,24)(H2,18,20,21). The number of rotatable bonds is 6. The Labute approximate surface area is 149 Å². The molecule has 8 heteroatoms. The first kappa shape index (κ1) is 18.0. The van der Waals surface area contributed by atoms with Gasteiger partial charge in [0.25, 0.3) is 5.91 Å². The fourth-order valence-electron chi connectivity index (χ4n) is 2.06. The average Bonchev–Trinajstić information content (AvgIpc) is 2.99. The fourth-order valence-corrected chi connectivity index (χ4v) is 2.46. The van der Waals surface area contributed by atoms with Crippen LogP contribution in [0.2, 0.25) is 0 Å². The minimum absolute atomic E-state index is 0.101. The first-order valence-corrected chi connectivity index (χ1v) is 8.34. The summed E-state index contributed by atoms with van der Waals surface area (Å²) in [6, 6.07) is 9.23. The molecule has 3 N–H and O–H groups in total. The highest BCUT2D eigenvalue weighted by atomic mass is 79.9. The molecule has 0 bridgehead atoms. The molecule has 1 aromatic heterocycles. The number of aryl methyl sites for hydroxylation is 1. The molecule has 0 saturated carbocycles. The van der Waals surface area contributed by atoms with Gasteiger partial charge in [-0.05, 0) is 24.3 Å². The molecule has 0 fully saturated rings. The van der Waals surface area contributed by atoms with E-state index < -0.39 is 0 Å². The molecule has 0 aliphatic heterocycles. The van der Waals surface area contributed by atoms with E-state index in [9.17, 15) is 4.79 Å². The number of nitrogens with zero attached hydrogens (tertiary/aromatic N) is 3. The zero-order valence-corrected chi connectivity index (χ0v) is 15.3. The van der Waals surface area contributed by atoms with Crippen LogP contribution in [-0.4, -0.2) is 41.8 Å². The van der Waals surface area contributed by atoms with Crippen LogP contribution in [0.5, 0.6) is 0 Å². The number of hydrogen-bond donors (Lipinski definition) is 3. The molecule has 2 aromatic rings. The van der Waals surface area contributed by atoms with E-state index in [1.165, 1.54) is 0 Å². The van der Waals surface area contributed by atoms with Crippen LogP contribution < -0.4 is 16.0 Å². The van der Waals surface area contributed by atoms with Crippen molar-refractivity contribution >= 4 is 27.8 Å². The van der Waals surface area contributed by atoms with E-state index in [-0.39, 0.29) is 5.91 Å². The topological polar surface area (TPSA) is 83.3 Å². The zero-order chi connectivity index (χ0) is 17.4. The van der Waals surface area contributed by atoms with E-state index in [0.717, 1.165) is 10.2 Å². The van der Waals surface area contributed by atoms with Crippen molar-refractivity contribution in [3.05, 3.63) is 52.3 Å². The van der Waals surface area contributed by atoms with Gasteiger partial charge in [0.2, 0.25) is 0 Å². The van der Waals surface area contributed by atoms with Gasteiger partial charge in [-0.3, -0.25) is 14.5 Å². The minimum Gasteiger partial charge on any atom is -0.355 e. The number of hydrogen-bond acceptors (Lipinski definition) is 3. The molecule has 0 unspecified atom stereocenters. The number of carbonyl (C=O) groups is 1. The van der Waals surface area contributed by atoms with Crippen LogP contribution in [-0.2, 0) is 13.6 Å². The number of nitrogens with one attached hydrogen (secondary N) is 3. The van der Waals surface area contributed by atoms with Gasteiger partial charge in [0.1, 0.15) is 0 Å². The van der Waals surface area contributed by atoms with Crippen molar-refractivity contribution < 1.29 is 4.79 Å². The summed E-state index contributed by atoms with van der Waals surface area (Å²) in [6.07, 6.45) is 1.75. The summed E-state index contributed by atoms with van der Waals surface area (Å²) < 4.78 is 2.69. The van der Waals surface area contributed by atoms with Crippen molar-refractivity contribution in [3.8, 4) is 0 Å². The Morgan fingerprint density at radius 1 is 1.25 bits per heavy atom. The Balaban J connectivity index is 1.70. The smallest absolute Gasteiger partial charge is 0.251 e. The number of halogens is 1. The molecule has 7 nitrogen and oxygen atoms in total. The van der Waals surface area contributed by atoms with Crippen LogP contribution in [0.4, 0.5) is 0 Å². The first-order chi connectivity index (χ1) is 11.6. The third-order valence-electron chi connectivity index (χ3n) is 3.37. The second kappa shape index (κ2) is 9.07. The molecular weight excluding hydrogens is 372 g/mol. The van der Waals surface area contributed by atoms with E-state index in [1.807, 2.05) is 25.2 Å². The second-order valence-corrected chi connectivity index (χ2v) is 5.98. The van der Waals surface area contributed by atoms with Gasteiger partial charge in [0, 0.05) is 43.4 Å². The van der Waals surface area contributed by atoms with Gasteiger partial charge in [-0.2, -0.15) is 5.10 Å². The van der Waals surface area contributed by atoms with Crippen molar-refractivity contribution in [2.75, 3.05) is 20.1 Å². The van der Waals surface area contributed by atoms with Gasteiger partial charge >= 0.3 is 0 Å². The quantitative estimate of drug-likeness (QED) is 0.392. The number of amides is 1. The highest BCUT2D eigenvalue weighted by molar-refractivity contribution is 9.10.